The summed E-state index contributed by atoms with van der Waals surface area (Å²) in [6.45, 7) is 11.9. The second-order valence-electron chi connectivity index (χ2n) is 9.64. The Morgan fingerprint density at radius 2 is 1.85 bits per heavy atom. The summed E-state index contributed by atoms with van der Waals surface area (Å²) in [6, 6.07) is 1.58. The van der Waals surface area contributed by atoms with Crippen LogP contribution in [0.1, 0.15) is 48.0 Å². The predicted molar refractivity (Wildman–Crippen MR) is 124 cm³/mol. The van der Waals surface area contributed by atoms with E-state index < -0.39 is 23.4 Å². The molecule has 1 fully saturated rings. The zero-order chi connectivity index (χ0) is 24.4. The molecule has 1 aliphatic heterocycles. The molecule has 2 amide bonds. The van der Waals surface area contributed by atoms with Gasteiger partial charge in [0.05, 0.1) is 17.1 Å². The fraction of sp³-hybridized carbons (Fsp3) is 0.571. The first-order valence-electron chi connectivity index (χ1n) is 10.5. The van der Waals surface area contributed by atoms with Crippen LogP contribution in [0.2, 0.25) is 0 Å². The Balaban J connectivity index is 1.84. The minimum absolute atomic E-state index is 0.113. The first-order valence-corrected chi connectivity index (χ1v) is 11.4. The fourth-order valence-electron chi connectivity index (χ4n) is 3.27. The highest BCUT2D eigenvalue weighted by molar-refractivity contribution is 8.03. The molecule has 33 heavy (non-hydrogen) atoms. The van der Waals surface area contributed by atoms with Gasteiger partial charge < -0.3 is 19.7 Å². The van der Waals surface area contributed by atoms with Gasteiger partial charge in [-0.15, -0.1) is 0 Å². The molecular weight excluding hydrogens is 446 g/mol. The third-order valence-corrected chi connectivity index (χ3v) is 5.04. The fourth-order valence-corrected chi connectivity index (χ4v) is 3.69. The van der Waals surface area contributed by atoms with E-state index >= 15 is 0 Å². The van der Waals surface area contributed by atoms with Crippen molar-refractivity contribution in [1.29, 1.82) is 5.26 Å². The van der Waals surface area contributed by atoms with E-state index in [4.69, 9.17) is 14.7 Å². The van der Waals surface area contributed by atoms with Crippen LogP contribution in [-0.2, 0) is 9.47 Å². The van der Waals surface area contributed by atoms with Gasteiger partial charge in [-0.25, -0.2) is 14.6 Å². The van der Waals surface area contributed by atoms with Gasteiger partial charge in [-0.05, 0) is 59.7 Å². The lowest BCUT2D eigenvalue weighted by Gasteiger charge is -2.23. The van der Waals surface area contributed by atoms with Crippen LogP contribution in [0.5, 0.6) is 0 Å². The number of rotatable bonds is 4. The van der Waals surface area contributed by atoms with Crippen LogP contribution >= 0.6 is 11.8 Å². The number of ether oxygens (including phenoxy) is 2. The topological polar surface area (TPSA) is 134 Å². The number of carbonyl (C=O) groups is 2. The zero-order valence-electron chi connectivity index (χ0n) is 19.6. The summed E-state index contributed by atoms with van der Waals surface area (Å²) in [5.41, 5.74) is -0.803. The highest BCUT2D eigenvalue weighted by atomic mass is 32.2. The lowest BCUT2D eigenvalue weighted by molar-refractivity contribution is 0.0508. The van der Waals surface area contributed by atoms with Crippen LogP contribution in [-0.4, -0.2) is 57.1 Å². The number of aromatic nitrogens is 3. The number of fused-ring (bicyclic) bond motifs is 1. The van der Waals surface area contributed by atoms with Gasteiger partial charge in [0.2, 0.25) is 0 Å². The van der Waals surface area contributed by atoms with E-state index in [1.54, 1.807) is 26.8 Å². The molecule has 0 saturated carbocycles. The minimum atomic E-state index is -0.666. The third kappa shape index (κ3) is 6.64. The molecule has 178 valence electrons. The van der Waals surface area contributed by atoms with E-state index in [-0.39, 0.29) is 6.04 Å². The minimum Gasteiger partial charge on any atom is -0.444 e. The van der Waals surface area contributed by atoms with E-state index in [0.717, 1.165) is 11.8 Å². The van der Waals surface area contributed by atoms with Gasteiger partial charge >= 0.3 is 12.2 Å². The van der Waals surface area contributed by atoms with Crippen LogP contribution in [0.3, 0.4) is 0 Å². The number of hydrogen-bond donors (Lipinski definition) is 2. The van der Waals surface area contributed by atoms with Gasteiger partial charge in [0.15, 0.2) is 5.65 Å². The zero-order valence-corrected chi connectivity index (χ0v) is 20.4. The summed E-state index contributed by atoms with van der Waals surface area (Å²) < 4.78 is 12.2. The third-order valence-electron chi connectivity index (χ3n) is 4.44. The molecule has 2 aromatic heterocycles. The largest absolute Gasteiger partial charge is 0.444 e. The van der Waals surface area contributed by atoms with Gasteiger partial charge in [-0.2, -0.15) is 14.9 Å². The lowest BCUT2D eigenvalue weighted by atomic mass is 10.2. The monoisotopic (exact) mass is 475 g/mol. The van der Waals surface area contributed by atoms with Crippen molar-refractivity contribution in [2.45, 2.75) is 70.1 Å². The summed E-state index contributed by atoms with van der Waals surface area (Å²) in [7, 11) is 0. The molecule has 1 aliphatic rings. The van der Waals surface area contributed by atoms with Crippen molar-refractivity contribution in [3.05, 3.63) is 12.3 Å². The highest BCUT2D eigenvalue weighted by Crippen LogP contribution is 2.29. The van der Waals surface area contributed by atoms with Crippen LogP contribution in [0, 0.1) is 10.7 Å². The van der Waals surface area contributed by atoms with E-state index in [2.05, 4.69) is 20.7 Å². The Hall–Kier alpha value is -3.20. The van der Waals surface area contributed by atoms with Gasteiger partial charge in [-0.3, -0.25) is 5.32 Å². The molecule has 0 radical (unpaired) electrons. The molecule has 1 saturated heterocycles. The number of nitrogens with zero attached hydrogens (tertiary/aromatic N) is 5. The second-order valence-corrected chi connectivity index (χ2v) is 10.5. The summed E-state index contributed by atoms with van der Waals surface area (Å²) in [5, 5.41) is 21.0. The number of alkyl carbamates (subject to hydrolysis) is 1. The van der Waals surface area contributed by atoms with Crippen molar-refractivity contribution in [2.24, 2.45) is 0 Å². The number of nitriles is 1. The number of anilines is 2. The molecule has 1 atom stereocenters. The van der Waals surface area contributed by atoms with Crippen LogP contribution in [0.4, 0.5) is 21.2 Å². The number of nitrogens with one attached hydrogen (secondary N) is 2. The molecule has 0 aliphatic carbocycles. The van der Waals surface area contributed by atoms with Crippen molar-refractivity contribution in [3.8, 4) is 5.40 Å². The molecule has 2 N–H and O–H groups in total. The number of hydrogen-bond acceptors (Lipinski definition) is 9. The summed E-state index contributed by atoms with van der Waals surface area (Å²) in [5.74, 6) is 0.944. The molecule has 12 heteroatoms. The average molecular weight is 476 g/mol. The van der Waals surface area contributed by atoms with E-state index in [1.165, 1.54) is 10.7 Å². The maximum Gasteiger partial charge on any atom is 0.413 e. The van der Waals surface area contributed by atoms with Crippen molar-refractivity contribution < 1.29 is 19.1 Å². The first-order chi connectivity index (χ1) is 15.3. The normalized spacial score (nSPS) is 16.4. The first kappa shape index (κ1) is 24.4. The van der Waals surface area contributed by atoms with E-state index in [0.29, 0.717) is 41.7 Å². The Morgan fingerprint density at radius 3 is 2.48 bits per heavy atom. The van der Waals surface area contributed by atoms with Gasteiger partial charge in [0.25, 0.3) is 0 Å². The Kier molecular flexibility index (Phi) is 6.92. The predicted octanol–water partition coefficient (Wildman–Crippen LogP) is 3.75. The number of carbonyl (C=O) groups excluding carboxylic acids is 2. The number of amides is 2. The lowest BCUT2D eigenvalue weighted by Crippen LogP contribution is -2.40. The molecule has 11 nitrogen and oxygen atoms in total. The Labute approximate surface area is 196 Å². The summed E-state index contributed by atoms with van der Waals surface area (Å²) >= 11 is 0.938. The van der Waals surface area contributed by atoms with Gasteiger partial charge in [0.1, 0.15) is 28.2 Å². The molecule has 3 heterocycles. The molecule has 0 unspecified atom stereocenters. The van der Waals surface area contributed by atoms with Gasteiger partial charge in [0, 0.05) is 19.2 Å². The van der Waals surface area contributed by atoms with Crippen LogP contribution in [0.25, 0.3) is 5.65 Å². The van der Waals surface area contributed by atoms with Crippen molar-refractivity contribution >= 4 is 41.2 Å². The smallest absolute Gasteiger partial charge is 0.413 e. The molecule has 0 spiro atoms. The SMILES string of the molecule is CC(C)(C)OC(=O)Nc1cc(N2CC[C@H](NC(=O)OC(C)(C)C)C2)nc2c(SC#N)cnn12. The summed E-state index contributed by atoms with van der Waals surface area (Å²) in [4.78, 5) is 31.8. The Bertz CT molecular complexity index is 1080. The molecule has 0 aromatic carbocycles. The van der Waals surface area contributed by atoms with Crippen LogP contribution in [0.15, 0.2) is 17.2 Å². The van der Waals surface area contributed by atoms with E-state index in [1.807, 2.05) is 31.1 Å². The van der Waals surface area contributed by atoms with Crippen molar-refractivity contribution in [1.82, 2.24) is 19.9 Å². The summed E-state index contributed by atoms with van der Waals surface area (Å²) in [6.07, 6.45) is 1.14. The van der Waals surface area contributed by atoms with E-state index in [9.17, 15) is 9.59 Å². The quantitative estimate of drug-likeness (QED) is 0.501. The van der Waals surface area contributed by atoms with Gasteiger partial charge in [-0.1, -0.05) is 0 Å². The molecule has 2 aromatic rings. The highest BCUT2D eigenvalue weighted by Gasteiger charge is 2.28. The second kappa shape index (κ2) is 9.35. The van der Waals surface area contributed by atoms with Crippen LogP contribution < -0.4 is 15.5 Å². The molecule has 0 bridgehead atoms. The molecule has 3 rings (SSSR count). The standard InChI is InChI=1S/C21H29N7O4S/c1-20(2,3)31-18(29)24-13-7-8-27(11-13)15-9-16(26-19(30)32-21(4,5)6)28-17(25-15)14(10-23-28)33-12-22/h9-10,13H,7-8,11H2,1-6H3,(H,24,29)(H,26,30)/t13-/m0/s1. The van der Waals surface area contributed by atoms with Crippen molar-refractivity contribution in [2.75, 3.05) is 23.3 Å². The maximum atomic E-state index is 12.4. The average Bonchev–Trinajstić information content (AvgIpc) is 3.26. The number of thiocyanates is 1. The maximum absolute atomic E-state index is 12.4. The Morgan fingerprint density at radius 1 is 1.18 bits per heavy atom. The molecular formula is C21H29N7O4S. The number of thioether (sulfide) groups is 1. The van der Waals surface area contributed by atoms with Crippen molar-refractivity contribution in [3.63, 3.8) is 0 Å².